The first kappa shape index (κ1) is 11.5. The van der Waals surface area contributed by atoms with Crippen LogP contribution < -0.4 is 10.6 Å². The Kier molecular flexibility index (Phi) is 3.28. The van der Waals surface area contributed by atoms with E-state index in [1.807, 2.05) is 42.2 Å². The molecule has 0 unspecified atom stereocenters. The van der Waals surface area contributed by atoms with Gasteiger partial charge in [0.05, 0.1) is 5.69 Å². The summed E-state index contributed by atoms with van der Waals surface area (Å²) < 4.78 is 13.7. The molecular formula is C14H15FN2. The molecule has 0 fully saturated rings. The van der Waals surface area contributed by atoms with Crippen LogP contribution in [0.2, 0.25) is 0 Å². The van der Waals surface area contributed by atoms with Crippen molar-refractivity contribution in [3.05, 3.63) is 54.3 Å². The maximum absolute atomic E-state index is 13.7. The molecule has 0 saturated heterocycles. The Morgan fingerprint density at radius 2 is 1.88 bits per heavy atom. The van der Waals surface area contributed by atoms with E-state index in [9.17, 15) is 4.39 Å². The highest BCUT2D eigenvalue weighted by Crippen LogP contribution is 2.28. The minimum Gasteiger partial charge on any atom is -0.399 e. The number of hydrogen-bond acceptors (Lipinski definition) is 2. The summed E-state index contributed by atoms with van der Waals surface area (Å²) in [5.74, 6) is -0.225. The molecule has 0 amide bonds. The summed E-state index contributed by atoms with van der Waals surface area (Å²) >= 11 is 0. The number of anilines is 3. The lowest BCUT2D eigenvalue weighted by atomic mass is 10.2. The van der Waals surface area contributed by atoms with Crippen LogP contribution in [0.3, 0.4) is 0 Å². The van der Waals surface area contributed by atoms with Crippen molar-refractivity contribution in [3.8, 4) is 0 Å². The van der Waals surface area contributed by atoms with Crippen molar-refractivity contribution in [2.24, 2.45) is 0 Å². The van der Waals surface area contributed by atoms with Gasteiger partial charge in [-0.25, -0.2) is 4.39 Å². The molecule has 0 radical (unpaired) electrons. The predicted octanol–water partition coefficient (Wildman–Crippen LogP) is 3.57. The summed E-state index contributed by atoms with van der Waals surface area (Å²) in [6, 6.07) is 14.2. The SMILES string of the molecule is CCN(c1cccc(N)c1)c1ccccc1F. The standard InChI is InChI=1S/C14H15FN2/c1-2-17(12-7-5-6-11(16)10-12)14-9-4-3-8-13(14)15/h3-10H,2,16H2,1H3. The Hall–Kier alpha value is -2.03. The first-order valence-corrected chi connectivity index (χ1v) is 5.60. The average molecular weight is 230 g/mol. The lowest BCUT2D eigenvalue weighted by molar-refractivity contribution is 0.625. The Morgan fingerprint density at radius 3 is 2.53 bits per heavy atom. The molecule has 0 saturated carbocycles. The van der Waals surface area contributed by atoms with Crippen molar-refractivity contribution in [3.63, 3.8) is 0 Å². The highest BCUT2D eigenvalue weighted by atomic mass is 19.1. The van der Waals surface area contributed by atoms with E-state index in [1.54, 1.807) is 12.1 Å². The second kappa shape index (κ2) is 4.87. The molecule has 0 atom stereocenters. The van der Waals surface area contributed by atoms with E-state index in [0.717, 1.165) is 5.69 Å². The number of nitrogens with zero attached hydrogens (tertiary/aromatic N) is 1. The van der Waals surface area contributed by atoms with Gasteiger partial charge in [-0.1, -0.05) is 18.2 Å². The number of para-hydroxylation sites is 1. The van der Waals surface area contributed by atoms with Crippen LogP contribution in [0, 0.1) is 5.82 Å². The van der Waals surface area contributed by atoms with Gasteiger partial charge in [-0.3, -0.25) is 0 Å². The smallest absolute Gasteiger partial charge is 0.146 e. The van der Waals surface area contributed by atoms with Crippen LogP contribution in [0.1, 0.15) is 6.92 Å². The molecule has 2 aromatic carbocycles. The van der Waals surface area contributed by atoms with Crippen LogP contribution >= 0.6 is 0 Å². The maximum atomic E-state index is 13.7. The van der Waals surface area contributed by atoms with Crippen LogP contribution in [0.5, 0.6) is 0 Å². The molecule has 0 heterocycles. The van der Waals surface area contributed by atoms with Gasteiger partial charge < -0.3 is 10.6 Å². The molecule has 0 spiro atoms. The highest BCUT2D eigenvalue weighted by Gasteiger charge is 2.11. The third kappa shape index (κ3) is 2.38. The molecule has 0 aliphatic heterocycles. The number of benzene rings is 2. The van der Waals surface area contributed by atoms with Gasteiger partial charge in [0.25, 0.3) is 0 Å². The van der Waals surface area contributed by atoms with Crippen LogP contribution in [0.4, 0.5) is 21.5 Å². The zero-order chi connectivity index (χ0) is 12.3. The Balaban J connectivity index is 2.44. The summed E-state index contributed by atoms with van der Waals surface area (Å²) in [7, 11) is 0. The molecule has 0 aliphatic carbocycles. The van der Waals surface area contributed by atoms with Gasteiger partial charge in [-0.05, 0) is 37.3 Å². The summed E-state index contributed by atoms with van der Waals surface area (Å²) in [6.07, 6.45) is 0. The lowest BCUT2D eigenvalue weighted by Gasteiger charge is -2.23. The molecule has 0 aromatic heterocycles. The normalized spacial score (nSPS) is 10.2. The quantitative estimate of drug-likeness (QED) is 0.817. The zero-order valence-electron chi connectivity index (χ0n) is 9.73. The average Bonchev–Trinajstić information content (AvgIpc) is 2.33. The molecule has 88 valence electrons. The third-order valence-electron chi connectivity index (χ3n) is 2.64. The van der Waals surface area contributed by atoms with Crippen molar-refractivity contribution >= 4 is 17.1 Å². The van der Waals surface area contributed by atoms with Crippen molar-refractivity contribution in [2.75, 3.05) is 17.2 Å². The molecule has 2 aromatic rings. The number of nitrogens with two attached hydrogens (primary N) is 1. The van der Waals surface area contributed by atoms with Crippen molar-refractivity contribution in [1.82, 2.24) is 0 Å². The Morgan fingerprint density at radius 1 is 1.12 bits per heavy atom. The molecule has 0 bridgehead atoms. The minimum absolute atomic E-state index is 0.225. The Labute approximate surface area is 100 Å². The van der Waals surface area contributed by atoms with E-state index >= 15 is 0 Å². The minimum atomic E-state index is -0.225. The summed E-state index contributed by atoms with van der Waals surface area (Å²) in [4.78, 5) is 1.89. The topological polar surface area (TPSA) is 29.3 Å². The summed E-state index contributed by atoms with van der Waals surface area (Å²) in [5.41, 5.74) is 7.90. The molecule has 17 heavy (non-hydrogen) atoms. The number of halogens is 1. The van der Waals surface area contributed by atoms with Gasteiger partial charge in [0.1, 0.15) is 5.82 Å². The fourth-order valence-corrected chi connectivity index (χ4v) is 1.86. The first-order valence-electron chi connectivity index (χ1n) is 5.60. The Bertz CT molecular complexity index is 511. The summed E-state index contributed by atoms with van der Waals surface area (Å²) in [5, 5.41) is 0. The van der Waals surface area contributed by atoms with Crippen LogP contribution in [0.15, 0.2) is 48.5 Å². The molecule has 2 N–H and O–H groups in total. The molecule has 2 rings (SSSR count). The van der Waals surface area contributed by atoms with E-state index < -0.39 is 0 Å². The lowest BCUT2D eigenvalue weighted by Crippen LogP contribution is -2.17. The van der Waals surface area contributed by atoms with Gasteiger partial charge >= 0.3 is 0 Å². The number of hydrogen-bond donors (Lipinski definition) is 1. The molecule has 0 aliphatic rings. The maximum Gasteiger partial charge on any atom is 0.146 e. The summed E-state index contributed by atoms with van der Waals surface area (Å²) in [6.45, 7) is 2.67. The van der Waals surface area contributed by atoms with Gasteiger partial charge in [0, 0.05) is 17.9 Å². The molecule has 2 nitrogen and oxygen atoms in total. The van der Waals surface area contributed by atoms with E-state index in [1.165, 1.54) is 6.07 Å². The first-order chi connectivity index (χ1) is 8.22. The van der Waals surface area contributed by atoms with Crippen LogP contribution in [-0.2, 0) is 0 Å². The molecule has 3 heteroatoms. The third-order valence-corrected chi connectivity index (χ3v) is 2.64. The van der Waals surface area contributed by atoms with Crippen molar-refractivity contribution < 1.29 is 4.39 Å². The fourth-order valence-electron chi connectivity index (χ4n) is 1.86. The number of rotatable bonds is 3. The van der Waals surface area contributed by atoms with E-state index in [4.69, 9.17) is 5.73 Å². The van der Waals surface area contributed by atoms with Gasteiger partial charge in [-0.2, -0.15) is 0 Å². The van der Waals surface area contributed by atoms with E-state index in [0.29, 0.717) is 17.9 Å². The number of nitrogen functional groups attached to an aromatic ring is 1. The zero-order valence-corrected chi connectivity index (χ0v) is 9.73. The fraction of sp³-hybridized carbons (Fsp3) is 0.143. The highest BCUT2D eigenvalue weighted by molar-refractivity contribution is 5.66. The van der Waals surface area contributed by atoms with Gasteiger partial charge in [0.2, 0.25) is 0 Å². The van der Waals surface area contributed by atoms with Crippen LogP contribution in [-0.4, -0.2) is 6.54 Å². The van der Waals surface area contributed by atoms with E-state index in [2.05, 4.69) is 0 Å². The van der Waals surface area contributed by atoms with Crippen LogP contribution in [0.25, 0.3) is 0 Å². The van der Waals surface area contributed by atoms with Gasteiger partial charge in [-0.15, -0.1) is 0 Å². The molecular weight excluding hydrogens is 215 g/mol. The second-order valence-electron chi connectivity index (χ2n) is 3.79. The van der Waals surface area contributed by atoms with Crippen molar-refractivity contribution in [1.29, 1.82) is 0 Å². The monoisotopic (exact) mass is 230 g/mol. The van der Waals surface area contributed by atoms with Gasteiger partial charge in [0.15, 0.2) is 0 Å². The predicted molar refractivity (Wildman–Crippen MR) is 69.9 cm³/mol. The second-order valence-corrected chi connectivity index (χ2v) is 3.79. The van der Waals surface area contributed by atoms with E-state index in [-0.39, 0.29) is 5.82 Å². The van der Waals surface area contributed by atoms with Crippen molar-refractivity contribution in [2.45, 2.75) is 6.92 Å². The largest absolute Gasteiger partial charge is 0.399 e.